The third kappa shape index (κ3) is 11.9. The van der Waals surface area contributed by atoms with Crippen LogP contribution >= 0.6 is 0 Å². The summed E-state index contributed by atoms with van der Waals surface area (Å²) in [6.45, 7) is 2.63. The number of likely N-dealkylation sites (tertiary alicyclic amines) is 1. The lowest BCUT2D eigenvalue weighted by atomic mass is 10.0. The lowest BCUT2D eigenvalue weighted by molar-refractivity contribution is -0.142. The van der Waals surface area contributed by atoms with Crippen molar-refractivity contribution in [1.29, 1.82) is 0 Å². The highest BCUT2D eigenvalue weighted by Crippen LogP contribution is 2.21. The number of benzene rings is 2. The highest BCUT2D eigenvalue weighted by atomic mass is 16.4. The van der Waals surface area contributed by atoms with Crippen LogP contribution < -0.4 is 32.3 Å². The van der Waals surface area contributed by atoms with Gasteiger partial charge in [-0.15, -0.1) is 0 Å². The minimum Gasteiger partial charge on any atom is -0.508 e. The molecule has 0 aliphatic carbocycles. The van der Waals surface area contributed by atoms with Gasteiger partial charge in [0.05, 0.1) is 25.5 Å². The Hall–Kier alpha value is -6.76. The number of phenols is 1. The molecule has 0 spiro atoms. The summed E-state index contributed by atoms with van der Waals surface area (Å²) in [5, 5.41) is 32.8. The maximum absolute atomic E-state index is 13.8. The van der Waals surface area contributed by atoms with Crippen LogP contribution in [-0.4, -0.2) is 121 Å². The van der Waals surface area contributed by atoms with E-state index < -0.39 is 84.7 Å². The molecule has 59 heavy (non-hydrogen) atoms. The van der Waals surface area contributed by atoms with E-state index in [0.29, 0.717) is 24.1 Å². The van der Waals surface area contributed by atoms with Crippen molar-refractivity contribution in [3.63, 3.8) is 0 Å². The smallest absolute Gasteiger partial charge is 0.326 e. The van der Waals surface area contributed by atoms with Crippen LogP contribution in [0.4, 0.5) is 0 Å². The van der Waals surface area contributed by atoms with Crippen LogP contribution in [0.5, 0.6) is 5.75 Å². The molecule has 0 radical (unpaired) electrons. The third-order valence-electron chi connectivity index (χ3n) is 10.0. The molecule has 5 rings (SSSR count). The van der Waals surface area contributed by atoms with Crippen molar-refractivity contribution in [2.24, 2.45) is 11.7 Å². The van der Waals surface area contributed by atoms with Gasteiger partial charge in [-0.25, -0.2) is 9.78 Å². The molecule has 19 nitrogen and oxygen atoms in total. The summed E-state index contributed by atoms with van der Waals surface area (Å²) in [4.78, 5) is 103. The van der Waals surface area contributed by atoms with Crippen LogP contribution in [-0.2, 0) is 52.8 Å². The van der Waals surface area contributed by atoms with Gasteiger partial charge in [0, 0.05) is 48.4 Å². The first-order valence-corrected chi connectivity index (χ1v) is 19.2. The number of carbonyl (C=O) groups excluding carboxylic acids is 6. The van der Waals surface area contributed by atoms with E-state index in [1.165, 1.54) is 29.6 Å². The molecule has 2 aromatic heterocycles. The van der Waals surface area contributed by atoms with E-state index in [-0.39, 0.29) is 37.5 Å². The van der Waals surface area contributed by atoms with Gasteiger partial charge in [-0.2, -0.15) is 0 Å². The van der Waals surface area contributed by atoms with Gasteiger partial charge in [0.25, 0.3) is 0 Å². The number of imidazole rings is 1. The molecular weight excluding hydrogens is 765 g/mol. The highest BCUT2D eigenvalue weighted by molar-refractivity contribution is 5.96. The van der Waals surface area contributed by atoms with Crippen LogP contribution in [0.1, 0.15) is 43.5 Å². The number of para-hydroxylation sites is 1. The highest BCUT2D eigenvalue weighted by Gasteiger charge is 2.39. The normalized spacial score (nSPS) is 15.8. The Morgan fingerprint density at radius 3 is 2.24 bits per heavy atom. The number of amides is 6. The molecule has 6 amide bonds. The van der Waals surface area contributed by atoms with Crippen molar-refractivity contribution < 1.29 is 43.8 Å². The molecule has 1 aliphatic heterocycles. The average molecular weight is 815 g/mol. The van der Waals surface area contributed by atoms with Crippen LogP contribution in [0.15, 0.2) is 67.3 Å². The van der Waals surface area contributed by atoms with Gasteiger partial charge in [0.2, 0.25) is 35.4 Å². The Labute approximate surface area is 339 Å². The molecule has 5 atom stereocenters. The van der Waals surface area contributed by atoms with Crippen molar-refractivity contribution in [2.75, 3.05) is 19.6 Å². The third-order valence-corrected chi connectivity index (χ3v) is 10.0. The van der Waals surface area contributed by atoms with E-state index in [1.54, 1.807) is 32.2 Å². The average Bonchev–Trinajstić information content (AvgIpc) is 4.00. The van der Waals surface area contributed by atoms with Crippen molar-refractivity contribution in [2.45, 2.75) is 76.2 Å². The topological polar surface area (TPSA) is 294 Å². The number of carboxylic acids is 1. The monoisotopic (exact) mass is 814 g/mol. The SMILES string of the molecule is CC(C)[C@H](NC(=O)[C@@H](N)Cc1ccc(O)cc1)C(=O)N1CCC[C@H]1C(=O)NCC(=O)N[C@@H](Cc1cnc[nH]1)C(=O)NCC(=O)N[C@@H](Cc1c[nH]c2ccccc12)C(=O)O. The van der Waals surface area contributed by atoms with Gasteiger partial charge in [-0.05, 0) is 54.5 Å². The molecule has 0 unspecified atom stereocenters. The summed E-state index contributed by atoms with van der Waals surface area (Å²) in [7, 11) is 0. The molecule has 3 heterocycles. The van der Waals surface area contributed by atoms with Crippen molar-refractivity contribution in [3.05, 3.63) is 84.1 Å². The Balaban J connectivity index is 1.13. The maximum atomic E-state index is 13.8. The lowest BCUT2D eigenvalue weighted by Crippen LogP contribution is -2.58. The number of aromatic amines is 2. The number of nitrogens with zero attached hydrogens (tertiary/aromatic N) is 2. The number of carbonyl (C=O) groups is 7. The zero-order valence-electron chi connectivity index (χ0n) is 32.7. The molecule has 314 valence electrons. The minimum absolute atomic E-state index is 0.0113. The molecule has 1 fully saturated rings. The van der Waals surface area contributed by atoms with Crippen LogP contribution in [0, 0.1) is 5.92 Å². The van der Waals surface area contributed by atoms with Gasteiger partial charge < -0.3 is 57.4 Å². The van der Waals surface area contributed by atoms with Gasteiger partial charge in [0.1, 0.15) is 29.9 Å². The Morgan fingerprint density at radius 2 is 1.56 bits per heavy atom. The number of nitrogens with two attached hydrogens (primary N) is 1. The summed E-state index contributed by atoms with van der Waals surface area (Å²) >= 11 is 0. The van der Waals surface area contributed by atoms with Gasteiger partial charge in [0.15, 0.2) is 0 Å². The predicted octanol–water partition coefficient (Wildman–Crippen LogP) is -0.630. The number of aromatic hydroxyl groups is 1. The molecule has 1 saturated heterocycles. The predicted molar refractivity (Wildman–Crippen MR) is 213 cm³/mol. The summed E-state index contributed by atoms with van der Waals surface area (Å²) in [5.74, 6) is -5.43. The van der Waals surface area contributed by atoms with Crippen LogP contribution in [0.2, 0.25) is 0 Å². The number of aromatic nitrogens is 3. The van der Waals surface area contributed by atoms with Gasteiger partial charge in [-0.3, -0.25) is 28.8 Å². The fourth-order valence-electron chi connectivity index (χ4n) is 6.85. The molecule has 11 N–H and O–H groups in total. The number of H-pyrrole nitrogens is 2. The number of aliphatic carboxylic acids is 1. The fourth-order valence-corrected chi connectivity index (χ4v) is 6.85. The first-order chi connectivity index (χ1) is 28.2. The van der Waals surface area contributed by atoms with E-state index >= 15 is 0 Å². The molecule has 4 aromatic rings. The van der Waals surface area contributed by atoms with E-state index in [9.17, 15) is 43.8 Å². The number of rotatable bonds is 19. The quantitative estimate of drug-likeness (QED) is 0.0569. The second-order valence-electron chi connectivity index (χ2n) is 14.8. The van der Waals surface area contributed by atoms with Crippen molar-refractivity contribution in [3.8, 4) is 5.75 Å². The number of carboxylic acid groups (broad SMARTS) is 1. The zero-order valence-corrected chi connectivity index (χ0v) is 32.7. The van der Waals surface area contributed by atoms with E-state index in [4.69, 9.17) is 5.73 Å². The number of phenolic OH excluding ortho intramolecular Hbond substituents is 1. The Morgan fingerprint density at radius 1 is 0.864 bits per heavy atom. The fraction of sp³-hybridized carbons (Fsp3) is 0.400. The molecule has 1 aliphatic rings. The Kier molecular flexibility index (Phi) is 14.8. The minimum atomic E-state index is -1.29. The summed E-state index contributed by atoms with van der Waals surface area (Å²) in [6, 6.07) is 8.18. The van der Waals surface area contributed by atoms with E-state index in [2.05, 4.69) is 41.5 Å². The second-order valence-corrected chi connectivity index (χ2v) is 14.8. The number of nitrogens with one attached hydrogen (secondary N) is 7. The zero-order chi connectivity index (χ0) is 42.6. The number of fused-ring (bicyclic) bond motifs is 1. The summed E-state index contributed by atoms with van der Waals surface area (Å²) in [6.07, 6.45) is 5.43. The van der Waals surface area contributed by atoms with Crippen LogP contribution in [0.3, 0.4) is 0 Å². The summed E-state index contributed by atoms with van der Waals surface area (Å²) in [5.41, 5.74) is 8.85. The van der Waals surface area contributed by atoms with Crippen molar-refractivity contribution in [1.82, 2.24) is 46.4 Å². The van der Waals surface area contributed by atoms with Gasteiger partial charge >= 0.3 is 5.97 Å². The number of hydrogen-bond donors (Lipinski definition) is 10. The molecular formula is C40H50N10O9. The molecule has 2 aromatic carbocycles. The molecule has 0 saturated carbocycles. The van der Waals surface area contributed by atoms with Gasteiger partial charge in [-0.1, -0.05) is 44.2 Å². The summed E-state index contributed by atoms with van der Waals surface area (Å²) < 4.78 is 0. The Bertz CT molecular complexity index is 2120. The first-order valence-electron chi connectivity index (χ1n) is 19.2. The molecule has 19 heteroatoms. The van der Waals surface area contributed by atoms with Crippen molar-refractivity contribution >= 4 is 52.3 Å². The molecule has 0 bridgehead atoms. The number of hydrogen-bond acceptors (Lipinski definition) is 10. The van der Waals surface area contributed by atoms with E-state index in [1.807, 2.05) is 24.3 Å². The largest absolute Gasteiger partial charge is 0.508 e. The lowest BCUT2D eigenvalue weighted by Gasteiger charge is -2.31. The first kappa shape index (κ1) is 43.4. The maximum Gasteiger partial charge on any atom is 0.326 e. The second kappa shape index (κ2) is 20.1. The standard InChI is InChI=1S/C40H50N10O9/c1-22(2)35(49-36(54)28(41)14-23-9-11-26(51)12-10-23)39(57)50-13-5-8-32(50)38(56)45-20-33(52)47-30(16-25-18-42-21-46-25)37(55)44-19-34(53)48-31(40(58)59)15-24-17-43-29-7-4-3-6-27(24)29/h3-4,6-7,9-12,17-18,21-22,28,30-32,35,43,51H,5,8,13-16,19-20,41H2,1-2H3,(H,42,46)(H,44,55)(H,45,56)(H,47,52)(H,48,53)(H,49,54)(H,58,59)/t28-,30-,31-,32-,35-/m0/s1. The van der Waals surface area contributed by atoms with E-state index in [0.717, 1.165) is 16.5 Å². The van der Waals surface area contributed by atoms with Crippen LogP contribution in [0.25, 0.3) is 10.9 Å².